The maximum absolute atomic E-state index is 2.43. The summed E-state index contributed by atoms with van der Waals surface area (Å²) in [6.07, 6.45) is 6.95. The quantitative estimate of drug-likeness (QED) is 0.391. The standard InChI is InChI=1S/C20H14/c1-2-7-14-13(6-1)12-19-16-9-4-3-8-15(16)18-11-5-10-17(14)20(18)19/h2-5,7-12H,1,6H2. The van der Waals surface area contributed by atoms with Crippen LogP contribution >= 0.6 is 0 Å². The third-order valence-corrected chi connectivity index (χ3v) is 4.66. The number of hydrogen-bond donors (Lipinski definition) is 0. The van der Waals surface area contributed by atoms with Crippen molar-refractivity contribution in [1.82, 2.24) is 0 Å². The van der Waals surface area contributed by atoms with Crippen molar-refractivity contribution in [2.75, 3.05) is 0 Å². The summed E-state index contributed by atoms with van der Waals surface area (Å²) in [5.41, 5.74) is 8.55. The first kappa shape index (κ1) is 10.4. The second-order valence-corrected chi connectivity index (χ2v) is 5.71. The Balaban J connectivity index is 2.03. The number of hydrogen-bond acceptors (Lipinski definition) is 0. The van der Waals surface area contributed by atoms with Crippen LogP contribution in [0.25, 0.3) is 39.1 Å². The fourth-order valence-electron chi connectivity index (χ4n) is 3.80. The zero-order valence-electron chi connectivity index (χ0n) is 11.2. The van der Waals surface area contributed by atoms with Gasteiger partial charge in [-0.1, -0.05) is 54.6 Å². The SMILES string of the molecule is C1=Cc2c(cc3c4c(cccc24)-c2ccccc2-3)CC1. The highest BCUT2D eigenvalue weighted by molar-refractivity contribution is 6.17. The normalized spacial score (nSPS) is 14.4. The summed E-state index contributed by atoms with van der Waals surface area (Å²) < 4.78 is 0. The molecule has 0 aromatic heterocycles. The van der Waals surface area contributed by atoms with Gasteiger partial charge in [0.15, 0.2) is 0 Å². The van der Waals surface area contributed by atoms with Crippen LogP contribution in [0.5, 0.6) is 0 Å². The molecule has 94 valence electrons. The van der Waals surface area contributed by atoms with Gasteiger partial charge in [0.2, 0.25) is 0 Å². The van der Waals surface area contributed by atoms with Gasteiger partial charge in [-0.05, 0) is 63.1 Å². The highest BCUT2D eigenvalue weighted by Gasteiger charge is 2.23. The second-order valence-electron chi connectivity index (χ2n) is 5.71. The number of allylic oxidation sites excluding steroid dienone is 1. The molecule has 5 rings (SSSR count). The summed E-state index contributed by atoms with van der Waals surface area (Å²) in [7, 11) is 0. The Morgan fingerprint density at radius 1 is 0.750 bits per heavy atom. The van der Waals surface area contributed by atoms with E-state index in [1.165, 1.54) is 57.0 Å². The van der Waals surface area contributed by atoms with Crippen LogP contribution < -0.4 is 0 Å². The fraction of sp³-hybridized carbons (Fsp3) is 0.100. The average Bonchev–Trinajstić information content (AvgIpc) is 2.84. The first-order chi connectivity index (χ1) is 9.93. The summed E-state index contributed by atoms with van der Waals surface area (Å²) in [5.74, 6) is 0. The lowest BCUT2D eigenvalue weighted by Crippen LogP contribution is -1.95. The number of fused-ring (bicyclic) bond motifs is 5. The van der Waals surface area contributed by atoms with E-state index in [1.807, 2.05) is 0 Å². The fourth-order valence-corrected chi connectivity index (χ4v) is 3.80. The van der Waals surface area contributed by atoms with E-state index in [0.29, 0.717) is 0 Å². The highest BCUT2D eigenvalue weighted by atomic mass is 14.3. The average molecular weight is 254 g/mol. The molecule has 2 aliphatic carbocycles. The van der Waals surface area contributed by atoms with Crippen LogP contribution in [0, 0.1) is 0 Å². The van der Waals surface area contributed by atoms with Gasteiger partial charge in [0.1, 0.15) is 0 Å². The third kappa shape index (κ3) is 1.17. The minimum Gasteiger partial charge on any atom is -0.0836 e. The van der Waals surface area contributed by atoms with Gasteiger partial charge in [-0.3, -0.25) is 0 Å². The van der Waals surface area contributed by atoms with Gasteiger partial charge in [0.25, 0.3) is 0 Å². The van der Waals surface area contributed by atoms with E-state index in [9.17, 15) is 0 Å². The molecule has 0 radical (unpaired) electrons. The molecule has 0 saturated heterocycles. The van der Waals surface area contributed by atoms with E-state index in [0.717, 1.165) is 0 Å². The zero-order valence-corrected chi connectivity index (χ0v) is 11.2. The molecule has 0 bridgehead atoms. The summed E-state index contributed by atoms with van der Waals surface area (Å²) in [4.78, 5) is 0. The Hall–Kier alpha value is -2.34. The Kier molecular flexibility index (Phi) is 1.88. The molecule has 3 aromatic carbocycles. The van der Waals surface area contributed by atoms with Crippen molar-refractivity contribution in [3.63, 3.8) is 0 Å². The van der Waals surface area contributed by atoms with Crippen molar-refractivity contribution in [3.05, 3.63) is 65.7 Å². The van der Waals surface area contributed by atoms with E-state index >= 15 is 0 Å². The first-order valence-corrected chi connectivity index (χ1v) is 7.28. The minimum absolute atomic E-state index is 1.17. The molecule has 0 N–H and O–H groups in total. The van der Waals surface area contributed by atoms with Crippen molar-refractivity contribution < 1.29 is 0 Å². The van der Waals surface area contributed by atoms with Crippen molar-refractivity contribution >= 4 is 16.8 Å². The molecular weight excluding hydrogens is 240 g/mol. The third-order valence-electron chi connectivity index (χ3n) is 4.66. The van der Waals surface area contributed by atoms with Crippen LogP contribution in [0.15, 0.2) is 54.6 Å². The maximum Gasteiger partial charge on any atom is -0.00202 e. The van der Waals surface area contributed by atoms with E-state index < -0.39 is 0 Å². The van der Waals surface area contributed by atoms with Gasteiger partial charge in [0, 0.05) is 0 Å². The van der Waals surface area contributed by atoms with Crippen molar-refractivity contribution in [2.45, 2.75) is 12.8 Å². The molecule has 0 heterocycles. The Bertz CT molecular complexity index is 897. The first-order valence-electron chi connectivity index (χ1n) is 7.28. The zero-order chi connectivity index (χ0) is 13.1. The molecule has 0 fully saturated rings. The number of rotatable bonds is 0. The predicted molar refractivity (Wildman–Crippen MR) is 85.7 cm³/mol. The van der Waals surface area contributed by atoms with Gasteiger partial charge >= 0.3 is 0 Å². The van der Waals surface area contributed by atoms with Crippen molar-refractivity contribution in [3.8, 4) is 22.3 Å². The Morgan fingerprint density at radius 3 is 2.45 bits per heavy atom. The molecule has 3 aromatic rings. The topological polar surface area (TPSA) is 0 Å². The Labute approximate surface area is 118 Å². The van der Waals surface area contributed by atoms with Crippen molar-refractivity contribution in [1.29, 1.82) is 0 Å². The number of benzene rings is 3. The smallest absolute Gasteiger partial charge is 0.00202 e. The summed E-state index contributed by atoms with van der Waals surface area (Å²) in [5, 5.41) is 2.86. The van der Waals surface area contributed by atoms with Crippen LogP contribution in [0.1, 0.15) is 17.5 Å². The largest absolute Gasteiger partial charge is 0.0836 e. The van der Waals surface area contributed by atoms with E-state index in [1.54, 1.807) is 0 Å². The van der Waals surface area contributed by atoms with Crippen LogP contribution in [0.4, 0.5) is 0 Å². The van der Waals surface area contributed by atoms with Gasteiger partial charge in [0.05, 0.1) is 0 Å². The van der Waals surface area contributed by atoms with E-state index in [4.69, 9.17) is 0 Å². The summed E-state index contributed by atoms with van der Waals surface area (Å²) >= 11 is 0. The van der Waals surface area contributed by atoms with Gasteiger partial charge in [-0.25, -0.2) is 0 Å². The molecule has 0 saturated carbocycles. The molecule has 0 unspecified atom stereocenters. The number of aryl methyl sites for hydroxylation is 1. The lowest BCUT2D eigenvalue weighted by atomic mass is 9.89. The molecule has 2 aliphatic rings. The molecule has 0 spiro atoms. The van der Waals surface area contributed by atoms with Crippen LogP contribution in [-0.4, -0.2) is 0 Å². The van der Waals surface area contributed by atoms with Crippen molar-refractivity contribution in [2.24, 2.45) is 0 Å². The summed E-state index contributed by atoms with van der Waals surface area (Å²) in [6.45, 7) is 0. The van der Waals surface area contributed by atoms with Crippen LogP contribution in [-0.2, 0) is 6.42 Å². The van der Waals surface area contributed by atoms with Gasteiger partial charge in [-0.2, -0.15) is 0 Å². The highest BCUT2D eigenvalue weighted by Crippen LogP contribution is 2.49. The van der Waals surface area contributed by atoms with Gasteiger partial charge < -0.3 is 0 Å². The Morgan fingerprint density at radius 2 is 1.55 bits per heavy atom. The molecule has 0 nitrogen and oxygen atoms in total. The predicted octanol–water partition coefficient (Wildman–Crippen LogP) is 5.45. The minimum atomic E-state index is 1.17. The van der Waals surface area contributed by atoms with Gasteiger partial charge in [-0.15, -0.1) is 0 Å². The molecular formula is C20H14. The lowest BCUT2D eigenvalue weighted by Gasteiger charge is -2.15. The molecule has 0 heteroatoms. The van der Waals surface area contributed by atoms with E-state index in [-0.39, 0.29) is 0 Å². The molecule has 0 atom stereocenters. The lowest BCUT2D eigenvalue weighted by molar-refractivity contribution is 0.990. The monoisotopic (exact) mass is 254 g/mol. The second kappa shape index (κ2) is 3.61. The molecule has 0 amide bonds. The van der Waals surface area contributed by atoms with Crippen LogP contribution in [0.2, 0.25) is 0 Å². The molecule has 20 heavy (non-hydrogen) atoms. The molecule has 0 aliphatic heterocycles. The van der Waals surface area contributed by atoms with Crippen LogP contribution in [0.3, 0.4) is 0 Å². The summed E-state index contributed by atoms with van der Waals surface area (Å²) in [6, 6.07) is 18.0. The van der Waals surface area contributed by atoms with E-state index in [2.05, 4.69) is 60.7 Å². The maximum atomic E-state index is 2.43.